The summed E-state index contributed by atoms with van der Waals surface area (Å²) in [6.07, 6.45) is 1.86. The summed E-state index contributed by atoms with van der Waals surface area (Å²) >= 11 is 0. The largest absolute Gasteiger partial charge is 0.504 e. The van der Waals surface area contributed by atoms with Gasteiger partial charge in [-0.05, 0) is 26.0 Å². The van der Waals surface area contributed by atoms with E-state index in [0.29, 0.717) is 6.04 Å². The molecule has 0 aliphatic carbocycles. The summed E-state index contributed by atoms with van der Waals surface area (Å²) in [7, 11) is 0. The van der Waals surface area contributed by atoms with Crippen LogP contribution >= 0.6 is 0 Å². The van der Waals surface area contributed by atoms with Gasteiger partial charge in [-0.2, -0.15) is 0 Å². The van der Waals surface area contributed by atoms with Crippen LogP contribution in [0.25, 0.3) is 10.9 Å². The average Bonchev–Trinajstić information content (AvgIpc) is 2.49. The van der Waals surface area contributed by atoms with Crippen LogP contribution in [0.2, 0.25) is 0 Å². The average molecular weight is 206 g/mol. The van der Waals surface area contributed by atoms with E-state index >= 15 is 0 Å². The Morgan fingerprint density at radius 3 is 2.53 bits per heavy atom. The standard InChI is InChI=1S/C11H14N2O2/c1-7(2)12-13-4-3-8-5-10(14)11(15)6-9(8)13/h3-7,12,14-15H,1-2H3. The molecule has 1 aromatic heterocycles. The molecule has 0 saturated carbocycles. The summed E-state index contributed by atoms with van der Waals surface area (Å²) in [6.45, 7) is 4.07. The Kier molecular flexibility index (Phi) is 2.19. The fraction of sp³-hybridized carbons (Fsp3) is 0.273. The van der Waals surface area contributed by atoms with Gasteiger partial charge in [-0.25, -0.2) is 0 Å². The Bertz CT molecular complexity index is 489. The van der Waals surface area contributed by atoms with E-state index in [2.05, 4.69) is 5.43 Å². The maximum Gasteiger partial charge on any atom is 0.159 e. The van der Waals surface area contributed by atoms with Gasteiger partial charge in [0.1, 0.15) is 0 Å². The second-order valence-corrected chi connectivity index (χ2v) is 3.87. The van der Waals surface area contributed by atoms with Gasteiger partial charge >= 0.3 is 0 Å². The normalized spacial score (nSPS) is 11.1. The molecule has 0 amide bonds. The molecule has 15 heavy (non-hydrogen) atoms. The van der Waals surface area contributed by atoms with Crippen LogP contribution < -0.4 is 5.43 Å². The van der Waals surface area contributed by atoms with Crippen molar-refractivity contribution in [1.82, 2.24) is 4.68 Å². The maximum atomic E-state index is 9.40. The van der Waals surface area contributed by atoms with Gasteiger partial charge in [0, 0.05) is 23.7 Å². The van der Waals surface area contributed by atoms with E-state index in [1.165, 1.54) is 0 Å². The molecule has 0 unspecified atom stereocenters. The number of nitrogens with one attached hydrogen (secondary N) is 1. The number of phenolic OH excluding ortho intramolecular Hbond substituents is 2. The molecule has 4 heteroatoms. The van der Waals surface area contributed by atoms with Crippen molar-refractivity contribution in [2.75, 3.05) is 5.43 Å². The molecule has 2 rings (SSSR count). The maximum absolute atomic E-state index is 9.40. The topological polar surface area (TPSA) is 57.4 Å². The first-order valence-corrected chi connectivity index (χ1v) is 4.87. The molecule has 0 radical (unpaired) electrons. The Balaban J connectivity index is 2.54. The van der Waals surface area contributed by atoms with Gasteiger partial charge in [-0.3, -0.25) is 4.68 Å². The first-order chi connectivity index (χ1) is 7.08. The van der Waals surface area contributed by atoms with Gasteiger partial charge < -0.3 is 15.6 Å². The molecule has 0 fully saturated rings. The van der Waals surface area contributed by atoms with Crippen molar-refractivity contribution < 1.29 is 10.2 Å². The number of hydrogen-bond donors (Lipinski definition) is 3. The molecule has 0 bridgehead atoms. The number of rotatable bonds is 2. The fourth-order valence-electron chi connectivity index (χ4n) is 1.55. The summed E-state index contributed by atoms with van der Waals surface area (Å²) in [5, 5.41) is 19.6. The van der Waals surface area contributed by atoms with Crippen molar-refractivity contribution in [3.63, 3.8) is 0 Å². The summed E-state index contributed by atoms with van der Waals surface area (Å²) in [5.74, 6) is -0.196. The number of hydrogen-bond acceptors (Lipinski definition) is 3. The molecule has 2 aromatic rings. The van der Waals surface area contributed by atoms with Crippen LogP contribution in [-0.2, 0) is 0 Å². The molecular weight excluding hydrogens is 192 g/mol. The Morgan fingerprint density at radius 2 is 1.87 bits per heavy atom. The molecule has 4 nitrogen and oxygen atoms in total. The summed E-state index contributed by atoms with van der Waals surface area (Å²) in [6, 6.07) is 5.27. The highest BCUT2D eigenvalue weighted by Crippen LogP contribution is 2.30. The van der Waals surface area contributed by atoms with E-state index in [1.807, 2.05) is 30.8 Å². The zero-order valence-electron chi connectivity index (χ0n) is 8.73. The second-order valence-electron chi connectivity index (χ2n) is 3.87. The lowest BCUT2D eigenvalue weighted by Crippen LogP contribution is -2.20. The van der Waals surface area contributed by atoms with Gasteiger partial charge in [-0.1, -0.05) is 0 Å². The van der Waals surface area contributed by atoms with Crippen LogP contribution in [0.4, 0.5) is 0 Å². The van der Waals surface area contributed by atoms with E-state index in [9.17, 15) is 10.2 Å². The van der Waals surface area contributed by atoms with Gasteiger partial charge in [0.25, 0.3) is 0 Å². The lowest BCUT2D eigenvalue weighted by Gasteiger charge is -2.12. The zero-order chi connectivity index (χ0) is 11.0. The van der Waals surface area contributed by atoms with Gasteiger partial charge in [0.15, 0.2) is 11.5 Å². The minimum Gasteiger partial charge on any atom is -0.504 e. The third-order valence-electron chi connectivity index (χ3n) is 2.18. The predicted molar refractivity (Wildman–Crippen MR) is 59.8 cm³/mol. The van der Waals surface area contributed by atoms with Gasteiger partial charge in [0.05, 0.1) is 5.52 Å². The molecule has 0 saturated heterocycles. The highest BCUT2D eigenvalue weighted by Gasteiger charge is 2.06. The van der Waals surface area contributed by atoms with Crippen molar-refractivity contribution >= 4 is 10.9 Å². The van der Waals surface area contributed by atoms with E-state index in [4.69, 9.17) is 0 Å². The Morgan fingerprint density at radius 1 is 1.20 bits per heavy atom. The Hall–Kier alpha value is -1.84. The van der Waals surface area contributed by atoms with E-state index in [0.717, 1.165) is 10.9 Å². The summed E-state index contributed by atoms with van der Waals surface area (Å²) < 4.78 is 1.83. The van der Waals surface area contributed by atoms with E-state index in [1.54, 1.807) is 12.1 Å². The van der Waals surface area contributed by atoms with E-state index < -0.39 is 0 Å². The van der Waals surface area contributed by atoms with Crippen molar-refractivity contribution in [3.05, 3.63) is 24.4 Å². The molecule has 0 aliphatic heterocycles. The third kappa shape index (κ3) is 1.70. The van der Waals surface area contributed by atoms with Crippen molar-refractivity contribution in [2.45, 2.75) is 19.9 Å². The molecule has 3 N–H and O–H groups in total. The molecule has 1 heterocycles. The molecule has 0 aliphatic rings. The number of phenols is 2. The van der Waals surface area contributed by atoms with Crippen LogP contribution in [0.5, 0.6) is 11.5 Å². The molecule has 0 atom stereocenters. The minimum absolute atomic E-state index is 0.0928. The first kappa shape index (κ1) is 9.71. The van der Waals surface area contributed by atoms with Crippen LogP contribution in [0.3, 0.4) is 0 Å². The minimum atomic E-state index is -0.104. The first-order valence-electron chi connectivity index (χ1n) is 4.87. The summed E-state index contributed by atoms with van der Waals surface area (Å²) in [5.41, 5.74) is 4.04. The highest BCUT2D eigenvalue weighted by molar-refractivity contribution is 5.84. The van der Waals surface area contributed by atoms with Crippen LogP contribution in [0.1, 0.15) is 13.8 Å². The van der Waals surface area contributed by atoms with Crippen molar-refractivity contribution in [1.29, 1.82) is 0 Å². The van der Waals surface area contributed by atoms with Gasteiger partial charge in [-0.15, -0.1) is 0 Å². The van der Waals surface area contributed by atoms with Crippen molar-refractivity contribution in [3.8, 4) is 11.5 Å². The molecular formula is C11H14N2O2. The zero-order valence-corrected chi connectivity index (χ0v) is 8.73. The second kappa shape index (κ2) is 3.38. The van der Waals surface area contributed by atoms with Gasteiger partial charge in [0.2, 0.25) is 0 Å². The number of benzene rings is 1. The highest BCUT2D eigenvalue weighted by atomic mass is 16.3. The van der Waals surface area contributed by atoms with Crippen LogP contribution in [0.15, 0.2) is 24.4 Å². The number of aromatic nitrogens is 1. The monoisotopic (exact) mass is 206 g/mol. The molecule has 0 spiro atoms. The number of aromatic hydroxyl groups is 2. The van der Waals surface area contributed by atoms with Crippen LogP contribution in [0, 0.1) is 0 Å². The van der Waals surface area contributed by atoms with Crippen molar-refractivity contribution in [2.24, 2.45) is 0 Å². The lowest BCUT2D eigenvalue weighted by atomic mass is 10.2. The summed E-state index contributed by atoms with van der Waals surface area (Å²) in [4.78, 5) is 0. The fourth-order valence-corrected chi connectivity index (χ4v) is 1.55. The van der Waals surface area contributed by atoms with E-state index in [-0.39, 0.29) is 11.5 Å². The smallest absolute Gasteiger partial charge is 0.159 e. The third-order valence-corrected chi connectivity index (χ3v) is 2.18. The SMILES string of the molecule is CC(C)Nn1ccc2cc(O)c(O)cc21. The predicted octanol–water partition coefficient (Wildman–Crippen LogP) is 2.00. The lowest BCUT2D eigenvalue weighted by molar-refractivity contribution is 0.404. The number of nitrogens with zero attached hydrogens (tertiary/aromatic N) is 1. The number of fused-ring (bicyclic) bond motifs is 1. The Labute approximate surface area is 87.7 Å². The molecule has 80 valence electrons. The molecule has 1 aromatic carbocycles. The quantitative estimate of drug-likeness (QED) is 0.659. The van der Waals surface area contributed by atoms with Crippen LogP contribution in [-0.4, -0.2) is 20.9 Å².